The standard InChI is InChI=1S/C9H7N3O3S.Na/c13-16(14,15)9-11-6-4-8(12-9)7-3-1-2-5-10-7;/h1-6H,(H,13,14,15);/q;+1/p-1. The van der Waals surface area contributed by atoms with Gasteiger partial charge in [0.05, 0.1) is 11.4 Å². The number of hydrogen-bond acceptors (Lipinski definition) is 6. The number of nitrogens with zero attached hydrogens (tertiary/aromatic N) is 3. The molecule has 17 heavy (non-hydrogen) atoms. The number of hydrogen-bond donors (Lipinski definition) is 0. The maximum atomic E-state index is 10.7. The second-order valence-electron chi connectivity index (χ2n) is 2.89. The molecule has 0 aliphatic heterocycles. The predicted octanol–water partition coefficient (Wildman–Crippen LogP) is -2.55. The van der Waals surface area contributed by atoms with E-state index in [1.54, 1.807) is 24.4 Å². The topological polar surface area (TPSA) is 95.9 Å². The molecule has 0 aliphatic rings. The third kappa shape index (κ3) is 3.55. The van der Waals surface area contributed by atoms with Crippen molar-refractivity contribution in [2.24, 2.45) is 0 Å². The van der Waals surface area contributed by atoms with E-state index in [-0.39, 0.29) is 29.6 Å². The average Bonchev–Trinajstić information content (AvgIpc) is 2.29. The summed E-state index contributed by atoms with van der Waals surface area (Å²) in [6.45, 7) is 0. The van der Waals surface area contributed by atoms with Crippen LogP contribution in [-0.4, -0.2) is 27.9 Å². The van der Waals surface area contributed by atoms with Gasteiger partial charge in [-0.2, -0.15) is 0 Å². The van der Waals surface area contributed by atoms with Gasteiger partial charge in [0.1, 0.15) is 0 Å². The molecule has 2 rings (SSSR count). The van der Waals surface area contributed by atoms with Crippen molar-refractivity contribution < 1.29 is 42.5 Å². The molecule has 82 valence electrons. The number of aromatic nitrogens is 3. The van der Waals surface area contributed by atoms with Crippen LogP contribution in [-0.2, 0) is 10.1 Å². The van der Waals surface area contributed by atoms with Crippen molar-refractivity contribution in [3.8, 4) is 11.4 Å². The van der Waals surface area contributed by atoms with Crippen LogP contribution in [0.4, 0.5) is 0 Å². The quantitative estimate of drug-likeness (QED) is 0.334. The molecule has 6 nitrogen and oxygen atoms in total. The summed E-state index contributed by atoms with van der Waals surface area (Å²) in [4.78, 5) is 11.0. The molecular formula is C9H6N3NaO3S. The summed E-state index contributed by atoms with van der Waals surface area (Å²) in [7, 11) is -4.63. The van der Waals surface area contributed by atoms with Crippen LogP contribution in [0.1, 0.15) is 0 Å². The Labute approximate surface area is 120 Å². The number of pyridine rings is 1. The molecule has 0 aliphatic carbocycles. The molecule has 2 aromatic heterocycles. The van der Waals surface area contributed by atoms with Crippen LogP contribution in [0.5, 0.6) is 0 Å². The van der Waals surface area contributed by atoms with Crippen molar-refractivity contribution in [1.82, 2.24) is 15.0 Å². The zero-order valence-corrected chi connectivity index (χ0v) is 11.8. The summed E-state index contributed by atoms with van der Waals surface area (Å²) in [5.74, 6) is 0. The molecule has 2 heterocycles. The second-order valence-corrected chi connectivity index (χ2v) is 4.17. The van der Waals surface area contributed by atoms with Crippen molar-refractivity contribution in [3.63, 3.8) is 0 Å². The van der Waals surface area contributed by atoms with Crippen molar-refractivity contribution in [2.75, 3.05) is 0 Å². The van der Waals surface area contributed by atoms with Gasteiger partial charge in [0, 0.05) is 12.4 Å². The molecule has 0 saturated heterocycles. The molecule has 0 unspecified atom stereocenters. The van der Waals surface area contributed by atoms with Crippen molar-refractivity contribution in [3.05, 3.63) is 36.7 Å². The van der Waals surface area contributed by atoms with Gasteiger partial charge < -0.3 is 4.55 Å². The van der Waals surface area contributed by atoms with Crippen LogP contribution >= 0.6 is 0 Å². The minimum Gasteiger partial charge on any atom is -0.742 e. The van der Waals surface area contributed by atoms with Gasteiger partial charge in [-0.25, -0.2) is 18.4 Å². The third-order valence-corrected chi connectivity index (χ3v) is 2.43. The van der Waals surface area contributed by atoms with E-state index in [0.29, 0.717) is 11.4 Å². The van der Waals surface area contributed by atoms with Gasteiger partial charge in [0.15, 0.2) is 10.1 Å². The Hall–Kier alpha value is -0.860. The van der Waals surface area contributed by atoms with Crippen molar-refractivity contribution in [2.45, 2.75) is 5.16 Å². The molecule has 0 spiro atoms. The van der Waals surface area contributed by atoms with Crippen LogP contribution in [0.25, 0.3) is 11.4 Å². The molecule has 0 saturated carbocycles. The molecule has 0 bridgehead atoms. The Morgan fingerprint density at radius 3 is 2.35 bits per heavy atom. The van der Waals surface area contributed by atoms with E-state index in [0.717, 1.165) is 0 Å². The Balaban J connectivity index is 0.00000144. The van der Waals surface area contributed by atoms with Gasteiger partial charge in [-0.05, 0) is 18.2 Å². The maximum absolute atomic E-state index is 10.7. The summed E-state index contributed by atoms with van der Waals surface area (Å²) in [5.41, 5.74) is 0.778. The van der Waals surface area contributed by atoms with Gasteiger partial charge >= 0.3 is 29.6 Å². The predicted molar refractivity (Wildman–Crippen MR) is 53.2 cm³/mol. The molecule has 2 aromatic rings. The second kappa shape index (κ2) is 5.65. The Bertz CT molecular complexity index is 604. The summed E-state index contributed by atoms with van der Waals surface area (Å²) >= 11 is 0. The molecule has 8 heteroatoms. The molecule has 0 radical (unpaired) electrons. The Morgan fingerprint density at radius 2 is 1.76 bits per heavy atom. The third-order valence-electron chi connectivity index (χ3n) is 1.78. The first-order valence-corrected chi connectivity index (χ1v) is 5.68. The van der Waals surface area contributed by atoms with Crippen LogP contribution < -0.4 is 29.6 Å². The molecule has 0 N–H and O–H groups in total. The first-order valence-electron chi connectivity index (χ1n) is 4.28. The molecular weight excluding hydrogens is 253 g/mol. The van der Waals surface area contributed by atoms with Crippen LogP contribution in [0.3, 0.4) is 0 Å². The summed E-state index contributed by atoms with van der Waals surface area (Å²) in [6, 6.07) is 6.59. The van der Waals surface area contributed by atoms with Gasteiger partial charge in [-0.15, -0.1) is 0 Å². The van der Waals surface area contributed by atoms with Gasteiger partial charge in [0.25, 0.3) is 0 Å². The smallest absolute Gasteiger partial charge is 0.742 e. The molecule has 0 amide bonds. The van der Waals surface area contributed by atoms with E-state index in [1.807, 2.05) is 0 Å². The van der Waals surface area contributed by atoms with Crippen molar-refractivity contribution >= 4 is 10.1 Å². The van der Waals surface area contributed by atoms with Crippen molar-refractivity contribution in [1.29, 1.82) is 0 Å². The van der Waals surface area contributed by atoms with Crippen LogP contribution in [0.2, 0.25) is 0 Å². The summed E-state index contributed by atoms with van der Waals surface area (Å²) in [6.07, 6.45) is 2.75. The van der Waals surface area contributed by atoms with E-state index in [4.69, 9.17) is 0 Å². The van der Waals surface area contributed by atoms with Crippen LogP contribution in [0, 0.1) is 0 Å². The van der Waals surface area contributed by atoms with Gasteiger partial charge in [-0.3, -0.25) is 4.98 Å². The monoisotopic (exact) mass is 259 g/mol. The zero-order chi connectivity index (χ0) is 11.6. The fraction of sp³-hybridized carbons (Fsp3) is 0. The minimum atomic E-state index is -4.63. The molecule has 0 atom stereocenters. The fourth-order valence-electron chi connectivity index (χ4n) is 1.12. The van der Waals surface area contributed by atoms with E-state index in [9.17, 15) is 13.0 Å². The molecule has 0 aromatic carbocycles. The van der Waals surface area contributed by atoms with Gasteiger partial charge in [-0.1, -0.05) is 6.07 Å². The van der Waals surface area contributed by atoms with Gasteiger partial charge in [0.2, 0.25) is 5.16 Å². The summed E-state index contributed by atoms with van der Waals surface area (Å²) < 4.78 is 32.1. The fourth-order valence-corrected chi connectivity index (χ4v) is 1.52. The first-order chi connectivity index (χ1) is 7.57. The Morgan fingerprint density at radius 1 is 1.00 bits per heavy atom. The SMILES string of the molecule is O=S(=O)([O-])c1nccc(-c2ccccn2)n1.[Na+]. The van der Waals surface area contributed by atoms with Crippen LogP contribution in [0.15, 0.2) is 41.8 Å². The summed E-state index contributed by atoms with van der Waals surface area (Å²) in [5, 5.41) is -0.740. The largest absolute Gasteiger partial charge is 1.00 e. The normalized spacial score (nSPS) is 10.6. The van der Waals surface area contributed by atoms with E-state index in [2.05, 4.69) is 15.0 Å². The maximum Gasteiger partial charge on any atom is 1.00 e. The minimum absolute atomic E-state index is 0. The first kappa shape index (κ1) is 14.2. The van der Waals surface area contributed by atoms with E-state index in [1.165, 1.54) is 12.3 Å². The number of rotatable bonds is 2. The average molecular weight is 259 g/mol. The van der Waals surface area contributed by atoms with E-state index >= 15 is 0 Å². The zero-order valence-electron chi connectivity index (χ0n) is 8.94. The Kier molecular flexibility index (Phi) is 4.72. The van der Waals surface area contributed by atoms with E-state index < -0.39 is 15.3 Å². The molecule has 0 fully saturated rings.